The lowest BCUT2D eigenvalue weighted by atomic mass is 9.57. The summed E-state index contributed by atoms with van der Waals surface area (Å²) in [7, 11) is 0. The fraction of sp³-hybridized carbons (Fsp3) is 1.00. The minimum Gasteiger partial charge on any atom is -0.389 e. The van der Waals surface area contributed by atoms with Crippen molar-refractivity contribution in [1.82, 2.24) is 0 Å². The molecule has 0 aromatic carbocycles. The van der Waals surface area contributed by atoms with Crippen molar-refractivity contribution in [2.45, 2.75) is 77.2 Å². The topological polar surface area (TPSA) is 46.2 Å². The highest BCUT2D eigenvalue weighted by Gasteiger charge is 2.50. The van der Waals surface area contributed by atoms with Crippen LogP contribution in [0.2, 0.25) is 0 Å². The van der Waals surface area contributed by atoms with Gasteiger partial charge in [-0.1, -0.05) is 33.1 Å². The second-order valence-corrected chi connectivity index (χ2v) is 7.16. The molecule has 2 heteroatoms. The summed E-state index contributed by atoms with van der Waals surface area (Å²) in [4.78, 5) is 0. The second-order valence-electron chi connectivity index (χ2n) is 7.16. The van der Waals surface area contributed by atoms with E-state index in [1.54, 1.807) is 0 Å². The summed E-state index contributed by atoms with van der Waals surface area (Å²) in [6.45, 7) is 5.30. The number of hydrogen-bond donors (Lipinski definition) is 2. The van der Waals surface area contributed by atoms with Crippen LogP contribution in [0.5, 0.6) is 0 Å². The van der Waals surface area contributed by atoms with Crippen LogP contribution in [0.15, 0.2) is 0 Å². The molecule has 0 aromatic rings. The van der Waals surface area contributed by atoms with Gasteiger partial charge in [0.2, 0.25) is 0 Å². The summed E-state index contributed by atoms with van der Waals surface area (Å²) in [6.07, 6.45) is 10.5. The third kappa shape index (κ3) is 2.46. The quantitative estimate of drug-likeness (QED) is 0.809. The third-order valence-corrected chi connectivity index (χ3v) is 5.99. The molecule has 2 nitrogen and oxygen atoms in total. The van der Waals surface area contributed by atoms with E-state index in [9.17, 15) is 5.11 Å². The van der Waals surface area contributed by atoms with Crippen molar-refractivity contribution in [1.29, 1.82) is 0 Å². The highest BCUT2D eigenvalue weighted by molar-refractivity contribution is 5.03. The molecule has 0 heterocycles. The summed E-state index contributed by atoms with van der Waals surface area (Å²) in [5.74, 6) is 1.57. The van der Waals surface area contributed by atoms with Crippen molar-refractivity contribution in [3.05, 3.63) is 0 Å². The lowest BCUT2D eigenvalue weighted by Gasteiger charge is -2.52. The Kier molecular flexibility index (Phi) is 4.38. The monoisotopic (exact) mass is 253 g/mol. The molecular weight excluding hydrogens is 222 g/mol. The first-order valence-corrected chi connectivity index (χ1v) is 7.95. The molecule has 0 radical (unpaired) electrons. The Hall–Kier alpha value is -0.0800. The predicted octanol–water partition coefficient (Wildman–Crippen LogP) is 3.47. The number of aliphatic hydroxyl groups is 1. The summed E-state index contributed by atoms with van der Waals surface area (Å²) in [5, 5.41) is 11.2. The van der Waals surface area contributed by atoms with E-state index in [1.807, 2.05) is 0 Å². The molecule has 2 aliphatic carbocycles. The molecule has 0 amide bonds. The molecule has 2 saturated carbocycles. The first-order valence-electron chi connectivity index (χ1n) is 7.95. The van der Waals surface area contributed by atoms with Crippen LogP contribution in [0.3, 0.4) is 0 Å². The van der Waals surface area contributed by atoms with Gasteiger partial charge in [-0.3, -0.25) is 0 Å². The second kappa shape index (κ2) is 5.50. The van der Waals surface area contributed by atoms with Crippen LogP contribution < -0.4 is 5.73 Å². The van der Waals surface area contributed by atoms with E-state index in [2.05, 4.69) is 13.8 Å². The van der Waals surface area contributed by atoms with Crippen LogP contribution in [-0.4, -0.2) is 17.3 Å². The molecule has 0 aromatic heterocycles. The summed E-state index contributed by atoms with van der Waals surface area (Å²) in [6, 6.07) is 0. The molecule has 2 fully saturated rings. The van der Waals surface area contributed by atoms with Gasteiger partial charge in [-0.25, -0.2) is 0 Å². The Labute approximate surface area is 112 Å². The van der Waals surface area contributed by atoms with Crippen molar-refractivity contribution in [2.75, 3.05) is 6.54 Å². The minimum atomic E-state index is -0.465. The number of nitrogens with two attached hydrogens (primary N) is 1. The van der Waals surface area contributed by atoms with E-state index >= 15 is 0 Å². The van der Waals surface area contributed by atoms with E-state index in [4.69, 9.17) is 5.73 Å². The minimum absolute atomic E-state index is 0.0349. The Bertz CT molecular complexity index is 260. The van der Waals surface area contributed by atoms with Gasteiger partial charge >= 0.3 is 0 Å². The van der Waals surface area contributed by atoms with Crippen LogP contribution in [0.25, 0.3) is 0 Å². The average molecular weight is 253 g/mol. The van der Waals surface area contributed by atoms with Crippen LogP contribution in [0.4, 0.5) is 0 Å². The average Bonchev–Trinajstić information content (AvgIpc) is 2.40. The molecule has 106 valence electrons. The summed E-state index contributed by atoms with van der Waals surface area (Å²) >= 11 is 0. The molecule has 0 spiro atoms. The molecule has 2 aliphatic rings. The zero-order valence-electron chi connectivity index (χ0n) is 12.3. The van der Waals surface area contributed by atoms with Crippen LogP contribution in [-0.2, 0) is 0 Å². The molecule has 0 atom stereocenters. The maximum absolute atomic E-state index is 11.2. The van der Waals surface area contributed by atoms with Gasteiger partial charge < -0.3 is 10.8 Å². The zero-order valence-corrected chi connectivity index (χ0v) is 12.3. The fourth-order valence-electron chi connectivity index (χ4n) is 4.40. The van der Waals surface area contributed by atoms with Crippen LogP contribution in [0.1, 0.15) is 71.6 Å². The Morgan fingerprint density at radius 2 is 1.61 bits per heavy atom. The van der Waals surface area contributed by atoms with E-state index in [0.717, 1.165) is 37.5 Å². The van der Waals surface area contributed by atoms with Crippen molar-refractivity contribution < 1.29 is 5.11 Å². The first kappa shape index (κ1) is 14.3. The lowest BCUT2D eigenvalue weighted by Crippen LogP contribution is -2.55. The Morgan fingerprint density at radius 3 is 2.06 bits per heavy atom. The third-order valence-electron chi connectivity index (χ3n) is 5.99. The standard InChI is InChI=1S/C16H31NO/c1-13(2)14-6-10-16(18,11-7-14)15(12-17)8-4-3-5-9-15/h13-14,18H,3-12,17H2,1-2H3. The Morgan fingerprint density at radius 1 is 1.06 bits per heavy atom. The van der Waals surface area contributed by atoms with Gasteiger partial charge in [0, 0.05) is 12.0 Å². The molecule has 0 unspecified atom stereocenters. The largest absolute Gasteiger partial charge is 0.389 e. The van der Waals surface area contributed by atoms with Gasteiger partial charge in [0.25, 0.3) is 0 Å². The van der Waals surface area contributed by atoms with Gasteiger partial charge in [-0.2, -0.15) is 0 Å². The van der Waals surface area contributed by atoms with Crippen molar-refractivity contribution >= 4 is 0 Å². The molecule has 2 rings (SSSR count). The van der Waals surface area contributed by atoms with Crippen LogP contribution in [0, 0.1) is 17.3 Å². The maximum atomic E-state index is 11.2. The smallest absolute Gasteiger partial charge is 0.0716 e. The molecule has 0 bridgehead atoms. The first-order chi connectivity index (χ1) is 8.53. The number of hydrogen-bond acceptors (Lipinski definition) is 2. The summed E-state index contributed by atoms with van der Waals surface area (Å²) in [5.41, 5.74) is 5.66. The molecule has 0 saturated heterocycles. The van der Waals surface area contributed by atoms with Crippen molar-refractivity contribution in [2.24, 2.45) is 23.0 Å². The van der Waals surface area contributed by atoms with Crippen molar-refractivity contribution in [3.63, 3.8) is 0 Å². The normalized spacial score (nSPS) is 36.8. The van der Waals surface area contributed by atoms with Crippen LogP contribution >= 0.6 is 0 Å². The van der Waals surface area contributed by atoms with Gasteiger partial charge in [0.15, 0.2) is 0 Å². The lowest BCUT2D eigenvalue weighted by molar-refractivity contribution is -0.130. The molecule has 18 heavy (non-hydrogen) atoms. The van der Waals surface area contributed by atoms with E-state index in [0.29, 0.717) is 6.54 Å². The highest BCUT2D eigenvalue weighted by atomic mass is 16.3. The van der Waals surface area contributed by atoms with E-state index < -0.39 is 5.60 Å². The van der Waals surface area contributed by atoms with E-state index in [1.165, 1.54) is 32.1 Å². The van der Waals surface area contributed by atoms with Gasteiger partial charge in [0.1, 0.15) is 0 Å². The predicted molar refractivity (Wildman–Crippen MR) is 76.3 cm³/mol. The van der Waals surface area contributed by atoms with Gasteiger partial charge in [-0.05, 0) is 50.4 Å². The van der Waals surface area contributed by atoms with Crippen molar-refractivity contribution in [3.8, 4) is 0 Å². The molecule has 3 N–H and O–H groups in total. The maximum Gasteiger partial charge on any atom is 0.0716 e. The SMILES string of the molecule is CC(C)C1CCC(O)(C2(CN)CCCCC2)CC1. The van der Waals surface area contributed by atoms with Gasteiger partial charge in [-0.15, -0.1) is 0 Å². The zero-order chi connectivity index (χ0) is 13.2. The highest BCUT2D eigenvalue weighted by Crippen LogP contribution is 2.51. The molecule has 0 aliphatic heterocycles. The van der Waals surface area contributed by atoms with Gasteiger partial charge in [0.05, 0.1) is 5.60 Å². The summed E-state index contributed by atoms with van der Waals surface area (Å²) < 4.78 is 0. The Balaban J connectivity index is 2.06. The fourth-order valence-corrected chi connectivity index (χ4v) is 4.40. The number of rotatable bonds is 3. The van der Waals surface area contributed by atoms with E-state index in [-0.39, 0.29) is 5.41 Å². The molecular formula is C16H31NO.